The fourth-order valence-corrected chi connectivity index (χ4v) is 2.93. The van der Waals surface area contributed by atoms with E-state index in [9.17, 15) is 4.79 Å². The van der Waals surface area contributed by atoms with E-state index >= 15 is 0 Å². The maximum absolute atomic E-state index is 12.6. The molecule has 4 rings (SSSR count). The minimum absolute atomic E-state index is 0.195. The number of hydrogen-bond donors (Lipinski definition) is 1. The third-order valence-electron chi connectivity index (χ3n) is 4.23. The largest absolute Gasteiger partial charge is 0.493 e. The van der Waals surface area contributed by atoms with Crippen LogP contribution in [0.5, 0.6) is 5.75 Å². The summed E-state index contributed by atoms with van der Waals surface area (Å²) in [6, 6.07) is 20.8. The van der Waals surface area contributed by atoms with E-state index in [2.05, 4.69) is 10.3 Å². The van der Waals surface area contributed by atoms with Crippen LogP contribution >= 0.6 is 0 Å². The Morgan fingerprint density at radius 3 is 2.59 bits per heavy atom. The number of amides is 1. The number of carbonyl (C=O) groups is 1. The van der Waals surface area contributed by atoms with Gasteiger partial charge in [-0.1, -0.05) is 30.3 Å². The molecule has 134 valence electrons. The average molecular weight is 357 g/mol. The summed E-state index contributed by atoms with van der Waals surface area (Å²) in [6.07, 6.45) is 3.96. The van der Waals surface area contributed by atoms with Crippen LogP contribution in [0.25, 0.3) is 16.9 Å². The van der Waals surface area contributed by atoms with Gasteiger partial charge < -0.3 is 14.5 Å². The molecule has 5 heteroatoms. The number of ether oxygens (including phenoxy) is 1. The van der Waals surface area contributed by atoms with E-state index in [1.54, 1.807) is 12.1 Å². The number of imidazole rings is 1. The summed E-state index contributed by atoms with van der Waals surface area (Å²) in [5, 5.41) is 2.92. The summed E-state index contributed by atoms with van der Waals surface area (Å²) >= 11 is 0. The minimum atomic E-state index is -0.195. The second kappa shape index (κ2) is 7.33. The highest BCUT2D eigenvalue weighted by molar-refractivity contribution is 6.06. The van der Waals surface area contributed by atoms with E-state index < -0.39 is 0 Å². The normalized spacial score (nSPS) is 10.7. The molecule has 1 N–H and O–H groups in total. The molecule has 4 aromatic rings. The van der Waals surface area contributed by atoms with Gasteiger partial charge in [-0.3, -0.25) is 4.79 Å². The maximum atomic E-state index is 12.6. The van der Waals surface area contributed by atoms with Gasteiger partial charge in [0.2, 0.25) is 0 Å². The van der Waals surface area contributed by atoms with Gasteiger partial charge in [0, 0.05) is 23.6 Å². The molecule has 0 bridgehead atoms. The van der Waals surface area contributed by atoms with Crippen LogP contribution in [0, 0.1) is 0 Å². The number of para-hydroxylation sites is 1. The predicted molar refractivity (Wildman–Crippen MR) is 106 cm³/mol. The number of pyridine rings is 1. The summed E-state index contributed by atoms with van der Waals surface area (Å²) in [6.45, 7) is 2.41. The zero-order valence-electron chi connectivity index (χ0n) is 14.9. The maximum Gasteiger partial charge on any atom is 0.259 e. The molecule has 2 heterocycles. The Balaban J connectivity index is 1.53. The van der Waals surface area contributed by atoms with Crippen molar-refractivity contribution in [2.75, 3.05) is 11.9 Å². The standard InChI is InChI=1S/C22H19N3O2/c1-2-27-20-8-4-3-7-18(20)22(26)23-17-12-10-16(11-13-17)19-15-25-14-6-5-9-21(25)24-19/h3-15H,2H2,1H3,(H,23,26). The lowest BCUT2D eigenvalue weighted by Crippen LogP contribution is -2.13. The monoisotopic (exact) mass is 357 g/mol. The number of aromatic nitrogens is 2. The zero-order chi connectivity index (χ0) is 18.6. The molecule has 0 atom stereocenters. The molecule has 2 aromatic heterocycles. The molecule has 0 aliphatic rings. The van der Waals surface area contributed by atoms with Crippen LogP contribution in [0.4, 0.5) is 5.69 Å². The first kappa shape index (κ1) is 16.8. The van der Waals surface area contributed by atoms with E-state index in [-0.39, 0.29) is 5.91 Å². The van der Waals surface area contributed by atoms with Gasteiger partial charge >= 0.3 is 0 Å². The number of rotatable bonds is 5. The van der Waals surface area contributed by atoms with E-state index in [1.807, 2.05) is 78.3 Å². The highest BCUT2D eigenvalue weighted by Crippen LogP contribution is 2.23. The van der Waals surface area contributed by atoms with Crippen molar-refractivity contribution < 1.29 is 9.53 Å². The highest BCUT2D eigenvalue weighted by atomic mass is 16.5. The summed E-state index contributed by atoms with van der Waals surface area (Å²) in [4.78, 5) is 17.2. The second-order valence-corrected chi connectivity index (χ2v) is 6.05. The van der Waals surface area contributed by atoms with Gasteiger partial charge in [-0.25, -0.2) is 4.98 Å². The molecule has 0 aliphatic carbocycles. The van der Waals surface area contributed by atoms with Crippen molar-refractivity contribution in [1.82, 2.24) is 9.38 Å². The summed E-state index contributed by atoms with van der Waals surface area (Å²) in [5.41, 5.74) is 4.02. The number of nitrogens with one attached hydrogen (secondary N) is 1. The molecule has 0 fully saturated rings. The first-order valence-corrected chi connectivity index (χ1v) is 8.82. The number of benzene rings is 2. The number of nitrogens with zero attached hydrogens (tertiary/aromatic N) is 2. The lowest BCUT2D eigenvalue weighted by atomic mass is 10.1. The lowest BCUT2D eigenvalue weighted by Gasteiger charge is -2.10. The van der Waals surface area contributed by atoms with Crippen LogP contribution in [0.15, 0.2) is 79.1 Å². The SMILES string of the molecule is CCOc1ccccc1C(=O)Nc1ccc(-c2cn3ccccc3n2)cc1. The fourth-order valence-electron chi connectivity index (χ4n) is 2.93. The minimum Gasteiger partial charge on any atom is -0.493 e. The Morgan fingerprint density at radius 2 is 1.81 bits per heavy atom. The molecule has 0 unspecified atom stereocenters. The van der Waals surface area contributed by atoms with Gasteiger partial charge in [0.1, 0.15) is 11.4 Å². The molecule has 2 aromatic carbocycles. The Labute approximate surface area is 157 Å². The molecular weight excluding hydrogens is 338 g/mol. The Hall–Kier alpha value is -3.60. The zero-order valence-corrected chi connectivity index (χ0v) is 14.9. The van der Waals surface area contributed by atoms with Gasteiger partial charge in [-0.2, -0.15) is 0 Å². The molecule has 0 aliphatic heterocycles. The van der Waals surface area contributed by atoms with Crippen molar-refractivity contribution in [3.8, 4) is 17.0 Å². The van der Waals surface area contributed by atoms with Crippen LogP contribution in [0.2, 0.25) is 0 Å². The first-order valence-electron chi connectivity index (χ1n) is 8.82. The fraction of sp³-hybridized carbons (Fsp3) is 0.0909. The van der Waals surface area contributed by atoms with Crippen LogP contribution in [0.1, 0.15) is 17.3 Å². The molecule has 27 heavy (non-hydrogen) atoms. The van der Waals surface area contributed by atoms with Crippen LogP contribution < -0.4 is 10.1 Å². The van der Waals surface area contributed by atoms with Gasteiger partial charge in [0.05, 0.1) is 17.9 Å². The summed E-state index contributed by atoms with van der Waals surface area (Å²) in [5.74, 6) is 0.387. The Morgan fingerprint density at radius 1 is 1.04 bits per heavy atom. The van der Waals surface area contributed by atoms with Crippen molar-refractivity contribution >= 4 is 17.2 Å². The van der Waals surface area contributed by atoms with E-state index in [0.717, 1.165) is 22.6 Å². The topological polar surface area (TPSA) is 55.6 Å². The van der Waals surface area contributed by atoms with Crippen LogP contribution in [0.3, 0.4) is 0 Å². The van der Waals surface area contributed by atoms with Crippen molar-refractivity contribution in [3.05, 3.63) is 84.7 Å². The number of hydrogen-bond acceptors (Lipinski definition) is 3. The third kappa shape index (κ3) is 3.53. The number of carbonyl (C=O) groups excluding carboxylic acids is 1. The van der Waals surface area contributed by atoms with Crippen molar-refractivity contribution in [3.63, 3.8) is 0 Å². The highest BCUT2D eigenvalue weighted by Gasteiger charge is 2.12. The lowest BCUT2D eigenvalue weighted by molar-refractivity contribution is 0.102. The number of fused-ring (bicyclic) bond motifs is 1. The molecule has 0 radical (unpaired) electrons. The van der Waals surface area contributed by atoms with E-state index in [1.165, 1.54) is 0 Å². The Bertz CT molecular complexity index is 1050. The summed E-state index contributed by atoms with van der Waals surface area (Å²) in [7, 11) is 0. The van der Waals surface area contributed by atoms with Crippen LogP contribution in [-0.2, 0) is 0 Å². The molecule has 0 saturated carbocycles. The quantitative estimate of drug-likeness (QED) is 0.565. The average Bonchev–Trinajstić information content (AvgIpc) is 3.13. The molecular formula is C22H19N3O2. The van der Waals surface area contributed by atoms with Gasteiger partial charge in [0.15, 0.2) is 0 Å². The van der Waals surface area contributed by atoms with Gasteiger partial charge in [-0.15, -0.1) is 0 Å². The van der Waals surface area contributed by atoms with E-state index in [4.69, 9.17) is 4.74 Å². The predicted octanol–water partition coefficient (Wildman–Crippen LogP) is 4.65. The van der Waals surface area contributed by atoms with Crippen molar-refractivity contribution in [2.45, 2.75) is 6.92 Å². The van der Waals surface area contributed by atoms with Crippen molar-refractivity contribution in [2.24, 2.45) is 0 Å². The summed E-state index contributed by atoms with van der Waals surface area (Å²) < 4.78 is 7.51. The molecule has 0 spiro atoms. The Kier molecular flexibility index (Phi) is 4.58. The number of anilines is 1. The molecule has 1 amide bonds. The third-order valence-corrected chi connectivity index (χ3v) is 4.23. The van der Waals surface area contributed by atoms with Gasteiger partial charge in [-0.05, 0) is 43.3 Å². The molecule has 0 saturated heterocycles. The van der Waals surface area contributed by atoms with Crippen molar-refractivity contribution in [1.29, 1.82) is 0 Å². The first-order chi connectivity index (χ1) is 13.2. The van der Waals surface area contributed by atoms with Crippen LogP contribution in [-0.4, -0.2) is 21.9 Å². The van der Waals surface area contributed by atoms with E-state index in [0.29, 0.717) is 17.9 Å². The smallest absolute Gasteiger partial charge is 0.259 e. The second-order valence-electron chi connectivity index (χ2n) is 6.05. The van der Waals surface area contributed by atoms with Gasteiger partial charge in [0.25, 0.3) is 5.91 Å². The molecule has 5 nitrogen and oxygen atoms in total.